The Kier molecular flexibility index (Phi) is 4.17. The van der Waals surface area contributed by atoms with Gasteiger partial charge in [-0.1, -0.05) is 44.4 Å². The van der Waals surface area contributed by atoms with Gasteiger partial charge >= 0.3 is 0 Å². The van der Waals surface area contributed by atoms with E-state index in [1.54, 1.807) is 0 Å². The second kappa shape index (κ2) is 5.85. The quantitative estimate of drug-likeness (QED) is 0.836. The first-order valence-electron chi connectivity index (χ1n) is 7.82. The number of aliphatic imine (C=N–C) groups is 1. The fourth-order valence-electron chi connectivity index (χ4n) is 3.26. The fraction of sp³-hybridized carbons (Fsp3) is 0.933. The van der Waals surface area contributed by atoms with Gasteiger partial charge in [0.15, 0.2) is 5.17 Å². The molecule has 1 heterocycles. The molecular weight excluding hydrogens is 240 g/mol. The number of nitrogens with one attached hydrogen (secondary N) is 1. The van der Waals surface area contributed by atoms with Crippen LogP contribution in [-0.4, -0.2) is 23.0 Å². The summed E-state index contributed by atoms with van der Waals surface area (Å²) in [5.41, 5.74) is 0. The van der Waals surface area contributed by atoms with Crippen molar-refractivity contribution in [2.45, 2.75) is 70.4 Å². The first-order valence-corrected chi connectivity index (χ1v) is 8.81. The summed E-state index contributed by atoms with van der Waals surface area (Å²) in [6.07, 6.45) is 11.1. The second-order valence-corrected chi connectivity index (χ2v) is 7.29. The zero-order valence-electron chi connectivity index (χ0n) is 11.5. The summed E-state index contributed by atoms with van der Waals surface area (Å²) < 4.78 is 0. The molecule has 1 N–H and O–H groups in total. The first-order chi connectivity index (χ1) is 8.85. The predicted octanol–water partition coefficient (Wildman–Crippen LogP) is 3.82. The Morgan fingerprint density at radius 2 is 2.11 bits per heavy atom. The highest BCUT2D eigenvalue weighted by Crippen LogP contribution is 2.36. The Morgan fingerprint density at radius 1 is 1.28 bits per heavy atom. The van der Waals surface area contributed by atoms with Gasteiger partial charge in [-0.2, -0.15) is 0 Å². The van der Waals surface area contributed by atoms with Crippen molar-refractivity contribution in [2.24, 2.45) is 16.8 Å². The van der Waals surface area contributed by atoms with Crippen LogP contribution in [0.2, 0.25) is 0 Å². The maximum Gasteiger partial charge on any atom is 0.157 e. The highest BCUT2D eigenvalue weighted by Gasteiger charge is 2.30. The van der Waals surface area contributed by atoms with E-state index in [4.69, 9.17) is 4.99 Å². The van der Waals surface area contributed by atoms with Crippen molar-refractivity contribution in [3.05, 3.63) is 0 Å². The molecule has 0 amide bonds. The van der Waals surface area contributed by atoms with E-state index in [-0.39, 0.29) is 0 Å². The van der Waals surface area contributed by atoms with Gasteiger partial charge in [-0.05, 0) is 37.5 Å². The summed E-state index contributed by atoms with van der Waals surface area (Å²) in [5.74, 6) is 3.19. The van der Waals surface area contributed by atoms with Crippen LogP contribution >= 0.6 is 11.8 Å². The Morgan fingerprint density at radius 3 is 2.89 bits per heavy atom. The lowest BCUT2D eigenvalue weighted by atomic mass is 9.86. The predicted molar refractivity (Wildman–Crippen MR) is 80.2 cm³/mol. The monoisotopic (exact) mass is 266 g/mol. The molecule has 2 saturated carbocycles. The summed E-state index contributed by atoms with van der Waals surface area (Å²) >= 11 is 1.98. The van der Waals surface area contributed by atoms with Gasteiger partial charge in [0.05, 0.1) is 6.04 Å². The average molecular weight is 266 g/mol. The van der Waals surface area contributed by atoms with Crippen LogP contribution in [-0.2, 0) is 0 Å². The van der Waals surface area contributed by atoms with E-state index < -0.39 is 0 Å². The van der Waals surface area contributed by atoms with Crippen LogP contribution < -0.4 is 5.32 Å². The maximum atomic E-state index is 4.99. The van der Waals surface area contributed by atoms with Crippen molar-refractivity contribution >= 4 is 16.9 Å². The fourth-order valence-corrected chi connectivity index (χ4v) is 4.48. The maximum absolute atomic E-state index is 4.99. The number of hydrogen-bond acceptors (Lipinski definition) is 3. The molecule has 3 rings (SSSR count). The number of nitrogens with zero attached hydrogens (tertiary/aromatic N) is 1. The van der Waals surface area contributed by atoms with Gasteiger partial charge in [-0.15, -0.1) is 0 Å². The van der Waals surface area contributed by atoms with Crippen molar-refractivity contribution in [3.63, 3.8) is 0 Å². The van der Waals surface area contributed by atoms with Crippen LogP contribution in [0, 0.1) is 11.8 Å². The van der Waals surface area contributed by atoms with E-state index in [2.05, 4.69) is 12.2 Å². The van der Waals surface area contributed by atoms with Crippen LogP contribution in [0.1, 0.15) is 58.3 Å². The summed E-state index contributed by atoms with van der Waals surface area (Å²) in [4.78, 5) is 4.99. The summed E-state index contributed by atoms with van der Waals surface area (Å²) in [6, 6.07) is 1.31. The number of fused-ring (bicyclic) bond motifs is 1. The van der Waals surface area contributed by atoms with E-state index in [9.17, 15) is 0 Å². The SMILES string of the molecule is CCC(CC1CC1)NC1=NC2CCCCC2CS1. The van der Waals surface area contributed by atoms with Gasteiger partial charge in [0.25, 0.3) is 0 Å². The topological polar surface area (TPSA) is 24.4 Å². The van der Waals surface area contributed by atoms with Gasteiger partial charge in [0.2, 0.25) is 0 Å². The molecule has 2 nitrogen and oxygen atoms in total. The van der Waals surface area contributed by atoms with Crippen LogP contribution in [0.4, 0.5) is 0 Å². The number of hydrogen-bond donors (Lipinski definition) is 1. The molecule has 2 aliphatic carbocycles. The third kappa shape index (κ3) is 3.23. The van der Waals surface area contributed by atoms with E-state index in [0.29, 0.717) is 12.1 Å². The van der Waals surface area contributed by atoms with Gasteiger partial charge in [0.1, 0.15) is 0 Å². The molecule has 102 valence electrons. The highest BCUT2D eigenvalue weighted by atomic mass is 32.2. The number of thioether (sulfide) groups is 1. The minimum Gasteiger partial charge on any atom is -0.362 e. The molecule has 0 aromatic rings. The number of rotatable bonds is 4. The lowest BCUT2D eigenvalue weighted by Crippen LogP contribution is -2.39. The highest BCUT2D eigenvalue weighted by molar-refractivity contribution is 8.13. The van der Waals surface area contributed by atoms with Crippen LogP contribution in [0.25, 0.3) is 0 Å². The van der Waals surface area contributed by atoms with Gasteiger partial charge in [-0.3, -0.25) is 4.99 Å². The number of amidine groups is 1. The zero-order valence-corrected chi connectivity index (χ0v) is 12.3. The summed E-state index contributed by atoms with van der Waals surface area (Å²) in [7, 11) is 0. The van der Waals surface area contributed by atoms with Gasteiger partial charge in [0, 0.05) is 11.8 Å². The Labute approximate surface area is 115 Å². The molecule has 0 radical (unpaired) electrons. The molecular formula is C15H26N2S. The van der Waals surface area contributed by atoms with Gasteiger partial charge in [-0.25, -0.2) is 0 Å². The Balaban J connectivity index is 1.55. The molecule has 3 aliphatic rings. The lowest BCUT2D eigenvalue weighted by molar-refractivity contribution is 0.335. The zero-order chi connectivity index (χ0) is 12.4. The molecule has 2 fully saturated rings. The molecule has 0 aromatic heterocycles. The molecule has 18 heavy (non-hydrogen) atoms. The smallest absolute Gasteiger partial charge is 0.157 e. The van der Waals surface area contributed by atoms with Crippen LogP contribution in [0.3, 0.4) is 0 Å². The van der Waals surface area contributed by atoms with Crippen molar-refractivity contribution in [1.29, 1.82) is 0 Å². The largest absolute Gasteiger partial charge is 0.362 e. The van der Waals surface area contributed by atoms with Crippen LogP contribution in [0.5, 0.6) is 0 Å². The van der Waals surface area contributed by atoms with E-state index in [0.717, 1.165) is 11.8 Å². The van der Waals surface area contributed by atoms with E-state index in [1.165, 1.54) is 62.3 Å². The van der Waals surface area contributed by atoms with Crippen molar-refractivity contribution in [2.75, 3.05) is 5.75 Å². The minimum absolute atomic E-state index is 0.640. The third-order valence-electron chi connectivity index (χ3n) is 4.72. The average Bonchev–Trinajstić information content (AvgIpc) is 3.22. The Hall–Kier alpha value is -0.180. The standard InChI is InChI=1S/C15H26N2S/c1-2-13(9-11-7-8-11)16-15-17-14-6-4-3-5-12(14)10-18-15/h11-14H,2-10H2,1H3,(H,16,17). The Bertz CT molecular complexity index is 312. The van der Waals surface area contributed by atoms with Crippen molar-refractivity contribution in [1.82, 2.24) is 5.32 Å². The third-order valence-corrected chi connectivity index (χ3v) is 5.81. The molecule has 0 saturated heterocycles. The molecule has 0 aromatic carbocycles. The normalized spacial score (nSPS) is 33.5. The van der Waals surface area contributed by atoms with E-state index in [1.807, 2.05) is 11.8 Å². The minimum atomic E-state index is 0.640. The molecule has 0 spiro atoms. The van der Waals surface area contributed by atoms with Crippen molar-refractivity contribution < 1.29 is 0 Å². The van der Waals surface area contributed by atoms with Crippen molar-refractivity contribution in [3.8, 4) is 0 Å². The van der Waals surface area contributed by atoms with Crippen LogP contribution in [0.15, 0.2) is 4.99 Å². The summed E-state index contributed by atoms with van der Waals surface area (Å²) in [5, 5.41) is 4.98. The summed E-state index contributed by atoms with van der Waals surface area (Å²) in [6.45, 7) is 2.30. The molecule has 3 heteroatoms. The lowest BCUT2D eigenvalue weighted by Gasteiger charge is -2.33. The second-order valence-electron chi connectivity index (χ2n) is 6.29. The molecule has 3 unspecified atom stereocenters. The molecule has 0 bridgehead atoms. The molecule has 1 aliphatic heterocycles. The first kappa shape index (κ1) is 12.8. The van der Waals surface area contributed by atoms with E-state index >= 15 is 0 Å². The molecule has 3 atom stereocenters. The van der Waals surface area contributed by atoms with Gasteiger partial charge < -0.3 is 5.32 Å².